The molecule has 2 aliphatic rings. The Labute approximate surface area is 158 Å². The van der Waals surface area contributed by atoms with E-state index in [1.165, 1.54) is 0 Å². The first kappa shape index (κ1) is 18.0. The van der Waals surface area contributed by atoms with Gasteiger partial charge in [0.25, 0.3) is 0 Å². The molecule has 0 bridgehead atoms. The second-order valence-corrected chi connectivity index (χ2v) is 8.02. The van der Waals surface area contributed by atoms with Gasteiger partial charge in [0.2, 0.25) is 0 Å². The van der Waals surface area contributed by atoms with Gasteiger partial charge in [-0.3, -0.25) is 9.59 Å². The summed E-state index contributed by atoms with van der Waals surface area (Å²) in [6, 6.07) is 5.19. The molecule has 2 amide bonds. The number of ether oxygens (including phenoxy) is 1. The number of hydrogen-bond donors (Lipinski definition) is 1. The van der Waals surface area contributed by atoms with Crippen LogP contribution in [0.2, 0.25) is 0 Å². The molecule has 0 spiro atoms. The van der Waals surface area contributed by atoms with Gasteiger partial charge < -0.3 is 19.4 Å². The maximum atomic E-state index is 12.7. The van der Waals surface area contributed by atoms with Crippen molar-refractivity contribution < 1.29 is 18.7 Å². The molecule has 7 nitrogen and oxygen atoms in total. The van der Waals surface area contributed by atoms with Gasteiger partial charge in [0.1, 0.15) is 5.52 Å². The predicted molar refractivity (Wildman–Crippen MR) is 100 cm³/mol. The van der Waals surface area contributed by atoms with Gasteiger partial charge in [-0.1, -0.05) is 20.8 Å². The van der Waals surface area contributed by atoms with Crippen LogP contribution < -0.4 is 5.32 Å². The summed E-state index contributed by atoms with van der Waals surface area (Å²) < 4.78 is 11.3. The number of hydrogen-bond acceptors (Lipinski definition) is 5. The first-order valence-corrected chi connectivity index (χ1v) is 9.42. The summed E-state index contributed by atoms with van der Waals surface area (Å²) >= 11 is 0. The van der Waals surface area contributed by atoms with E-state index >= 15 is 0 Å². The Morgan fingerprint density at radius 3 is 2.89 bits per heavy atom. The van der Waals surface area contributed by atoms with Crippen LogP contribution in [0, 0.1) is 11.3 Å². The van der Waals surface area contributed by atoms with E-state index in [9.17, 15) is 9.59 Å². The molecule has 2 heterocycles. The second kappa shape index (κ2) is 6.34. The fraction of sp³-hybridized carbons (Fsp3) is 0.550. The van der Waals surface area contributed by atoms with Gasteiger partial charge in [0.15, 0.2) is 11.5 Å². The number of anilines is 1. The van der Waals surface area contributed by atoms with Crippen molar-refractivity contribution in [1.29, 1.82) is 0 Å². The second-order valence-electron chi connectivity index (χ2n) is 8.02. The molecule has 1 aliphatic carbocycles. The smallest absolute Gasteiger partial charge is 0.313 e. The Balaban J connectivity index is 1.47. The van der Waals surface area contributed by atoms with Crippen molar-refractivity contribution in [2.45, 2.75) is 45.8 Å². The van der Waals surface area contributed by atoms with Gasteiger partial charge in [-0.15, -0.1) is 0 Å². The highest BCUT2D eigenvalue weighted by atomic mass is 16.5. The minimum atomic E-state index is -0.644. The molecule has 144 valence electrons. The van der Waals surface area contributed by atoms with Crippen molar-refractivity contribution >= 4 is 28.6 Å². The third-order valence-corrected chi connectivity index (χ3v) is 5.96. The van der Waals surface area contributed by atoms with Crippen LogP contribution in [0.1, 0.15) is 33.1 Å². The maximum Gasteiger partial charge on any atom is 0.313 e. The first-order valence-electron chi connectivity index (χ1n) is 9.42. The number of aryl methyl sites for hydroxylation is 1. The number of rotatable bonds is 3. The first-order chi connectivity index (χ1) is 12.8. The Morgan fingerprint density at radius 1 is 1.37 bits per heavy atom. The molecule has 2 fully saturated rings. The molecule has 1 N–H and O–H groups in total. The molecule has 3 atom stereocenters. The SMILES string of the molecule is CCc1nc2cc(NC(=O)C(=O)N(C)[C@@H]3[C@H]4CCO[C@@H]4C3(C)C)ccc2o1. The van der Waals surface area contributed by atoms with Gasteiger partial charge in [0.05, 0.1) is 6.10 Å². The Kier molecular flexibility index (Phi) is 4.22. The van der Waals surface area contributed by atoms with Gasteiger partial charge >= 0.3 is 11.8 Å². The van der Waals surface area contributed by atoms with Crippen LogP contribution in [0.25, 0.3) is 11.1 Å². The normalized spacial score (nSPS) is 25.7. The van der Waals surface area contributed by atoms with Crippen molar-refractivity contribution in [2.24, 2.45) is 11.3 Å². The number of oxazole rings is 1. The molecule has 27 heavy (non-hydrogen) atoms. The zero-order valence-electron chi connectivity index (χ0n) is 16.1. The van der Waals surface area contributed by atoms with E-state index in [0.717, 1.165) is 13.0 Å². The summed E-state index contributed by atoms with van der Waals surface area (Å²) in [6.07, 6.45) is 1.80. The average molecular weight is 371 g/mol. The molecule has 2 aromatic rings. The molecule has 1 aromatic heterocycles. The van der Waals surface area contributed by atoms with Gasteiger partial charge in [-0.05, 0) is 24.6 Å². The number of fused-ring (bicyclic) bond motifs is 2. The van der Waals surface area contributed by atoms with Gasteiger partial charge in [-0.25, -0.2) is 4.98 Å². The van der Waals surface area contributed by atoms with E-state index < -0.39 is 11.8 Å². The molecular weight excluding hydrogens is 346 g/mol. The van der Waals surface area contributed by atoms with Crippen LogP contribution in [0.4, 0.5) is 5.69 Å². The monoisotopic (exact) mass is 371 g/mol. The molecule has 4 rings (SSSR count). The van der Waals surface area contributed by atoms with Crippen LogP contribution >= 0.6 is 0 Å². The number of nitrogens with zero attached hydrogens (tertiary/aromatic N) is 2. The van der Waals surface area contributed by atoms with E-state index in [-0.39, 0.29) is 17.6 Å². The lowest BCUT2D eigenvalue weighted by atomic mass is 9.57. The Hall–Kier alpha value is -2.41. The van der Waals surface area contributed by atoms with Crippen molar-refractivity contribution in [3.63, 3.8) is 0 Å². The standard InChI is InChI=1S/C20H25N3O4/c1-5-15-22-13-10-11(6-7-14(13)27-15)21-18(24)19(25)23(4)16-12-8-9-26-17(12)20(16,2)3/h6-7,10,12,16-17H,5,8-9H2,1-4H3,(H,21,24)/t12-,16-,17+/m1/s1. The van der Waals surface area contributed by atoms with Crippen LogP contribution in [-0.2, 0) is 20.7 Å². The van der Waals surface area contributed by atoms with Gasteiger partial charge in [0, 0.05) is 43.1 Å². The topological polar surface area (TPSA) is 84.7 Å². The van der Waals surface area contributed by atoms with Crippen molar-refractivity contribution in [3.8, 4) is 0 Å². The molecule has 7 heteroatoms. The molecule has 1 saturated carbocycles. The number of nitrogens with one attached hydrogen (secondary N) is 1. The van der Waals surface area contributed by atoms with E-state index in [0.29, 0.717) is 35.0 Å². The van der Waals surface area contributed by atoms with Crippen LogP contribution in [0.3, 0.4) is 0 Å². The number of likely N-dealkylation sites (N-methyl/N-ethyl adjacent to an activating group) is 1. The van der Waals surface area contributed by atoms with E-state index in [2.05, 4.69) is 24.1 Å². The number of carbonyl (C=O) groups is 2. The Morgan fingerprint density at radius 2 is 2.15 bits per heavy atom. The summed E-state index contributed by atoms with van der Waals surface area (Å²) in [5.41, 5.74) is 1.70. The molecule has 0 unspecified atom stereocenters. The zero-order chi connectivity index (χ0) is 19.3. The molecule has 1 aliphatic heterocycles. The number of amides is 2. The Bertz CT molecular complexity index is 904. The molecular formula is C20H25N3O4. The molecule has 1 aromatic carbocycles. The van der Waals surface area contributed by atoms with Crippen molar-refractivity contribution in [3.05, 3.63) is 24.1 Å². The summed E-state index contributed by atoms with van der Waals surface area (Å²) in [4.78, 5) is 31.2. The number of aromatic nitrogens is 1. The van der Waals surface area contributed by atoms with E-state index in [1.54, 1.807) is 30.1 Å². The fourth-order valence-corrected chi connectivity index (χ4v) is 4.76. The summed E-state index contributed by atoms with van der Waals surface area (Å²) in [7, 11) is 1.71. The lowest BCUT2D eigenvalue weighted by molar-refractivity contribution is -0.169. The lowest BCUT2D eigenvalue weighted by Gasteiger charge is -2.57. The summed E-state index contributed by atoms with van der Waals surface area (Å²) in [5, 5.41) is 2.69. The fourth-order valence-electron chi connectivity index (χ4n) is 4.76. The van der Waals surface area contributed by atoms with Crippen LogP contribution in [0.15, 0.2) is 22.6 Å². The van der Waals surface area contributed by atoms with Crippen molar-refractivity contribution in [1.82, 2.24) is 9.88 Å². The van der Waals surface area contributed by atoms with Crippen LogP contribution in [0.5, 0.6) is 0 Å². The minimum Gasteiger partial charge on any atom is -0.441 e. The van der Waals surface area contributed by atoms with Crippen LogP contribution in [-0.4, -0.2) is 47.5 Å². The maximum absolute atomic E-state index is 12.7. The largest absolute Gasteiger partial charge is 0.441 e. The summed E-state index contributed by atoms with van der Waals surface area (Å²) in [5.74, 6) is -0.229. The third-order valence-electron chi connectivity index (χ3n) is 5.96. The predicted octanol–water partition coefficient (Wildman–Crippen LogP) is 2.60. The molecule has 1 saturated heterocycles. The summed E-state index contributed by atoms with van der Waals surface area (Å²) in [6.45, 7) is 6.87. The van der Waals surface area contributed by atoms with Crippen molar-refractivity contribution in [2.75, 3.05) is 19.0 Å². The highest BCUT2D eigenvalue weighted by Gasteiger charge is 2.61. The van der Waals surface area contributed by atoms with E-state index in [4.69, 9.17) is 9.15 Å². The third kappa shape index (κ3) is 2.81. The average Bonchev–Trinajstić information content (AvgIpc) is 3.25. The molecule has 0 radical (unpaired) electrons. The minimum absolute atomic E-state index is 0.00776. The van der Waals surface area contributed by atoms with E-state index in [1.807, 2.05) is 6.92 Å². The highest BCUT2D eigenvalue weighted by molar-refractivity contribution is 6.39. The van der Waals surface area contributed by atoms with Gasteiger partial charge in [-0.2, -0.15) is 0 Å². The quantitative estimate of drug-likeness (QED) is 0.839. The highest BCUT2D eigenvalue weighted by Crippen LogP contribution is 2.54. The number of benzene rings is 1. The number of carbonyl (C=O) groups excluding carboxylic acids is 2. The zero-order valence-corrected chi connectivity index (χ0v) is 16.1. The lowest BCUT2D eigenvalue weighted by Crippen LogP contribution is -2.67.